The van der Waals surface area contributed by atoms with Gasteiger partial charge in [0.1, 0.15) is 0 Å². The minimum absolute atomic E-state index is 0.137. The Kier molecular flexibility index (Phi) is 6.45. The van der Waals surface area contributed by atoms with Gasteiger partial charge in [0.2, 0.25) is 0 Å². The lowest BCUT2D eigenvalue weighted by atomic mass is 10.1. The minimum Gasteiger partial charge on any atom is -0.352 e. The van der Waals surface area contributed by atoms with E-state index in [1.54, 1.807) is 29.2 Å². The third kappa shape index (κ3) is 5.13. The van der Waals surface area contributed by atoms with Crippen LogP contribution in [0.3, 0.4) is 0 Å². The Hall–Kier alpha value is -4.55. The van der Waals surface area contributed by atoms with E-state index in [0.29, 0.717) is 17.7 Å². The van der Waals surface area contributed by atoms with Gasteiger partial charge in [0.05, 0.1) is 17.4 Å². The summed E-state index contributed by atoms with van der Waals surface area (Å²) in [5, 5.41) is 14.0. The predicted molar refractivity (Wildman–Crippen MR) is 123 cm³/mol. The first-order valence-corrected chi connectivity index (χ1v) is 10.2. The number of carbonyl (C=O) groups excluding carboxylic acids is 1. The van der Waals surface area contributed by atoms with Crippen molar-refractivity contribution in [2.75, 3.05) is 6.54 Å². The van der Waals surface area contributed by atoms with Gasteiger partial charge in [0.15, 0.2) is 0 Å². The maximum Gasteiger partial charge on any atom is 0.251 e. The number of aromatic amines is 1. The molecular weight excluding hydrogens is 398 g/mol. The second-order valence-corrected chi connectivity index (χ2v) is 7.12. The highest BCUT2D eigenvalue weighted by molar-refractivity contribution is 5.95. The molecule has 32 heavy (non-hydrogen) atoms. The van der Waals surface area contributed by atoms with Crippen molar-refractivity contribution in [3.63, 3.8) is 0 Å². The highest BCUT2D eigenvalue weighted by Gasteiger charge is 2.10. The van der Waals surface area contributed by atoms with Crippen LogP contribution in [0.1, 0.15) is 39.0 Å². The molecule has 2 N–H and O–H groups in total. The summed E-state index contributed by atoms with van der Waals surface area (Å²) in [6, 6.07) is 14.8. The third-order valence-electron chi connectivity index (χ3n) is 4.86. The van der Waals surface area contributed by atoms with Crippen molar-refractivity contribution in [1.82, 2.24) is 25.3 Å². The summed E-state index contributed by atoms with van der Waals surface area (Å²) in [4.78, 5) is 12.7. The molecule has 0 aliphatic heterocycles. The summed E-state index contributed by atoms with van der Waals surface area (Å²) in [6.45, 7) is 0.574. The second-order valence-electron chi connectivity index (χ2n) is 7.12. The maximum atomic E-state index is 12.7. The van der Waals surface area contributed by atoms with Crippen LogP contribution in [0.4, 0.5) is 0 Å². The summed E-state index contributed by atoms with van der Waals surface area (Å²) >= 11 is 0. The molecule has 0 saturated heterocycles. The van der Waals surface area contributed by atoms with E-state index in [4.69, 9.17) is 6.42 Å². The minimum atomic E-state index is -0.137. The van der Waals surface area contributed by atoms with Crippen molar-refractivity contribution in [2.24, 2.45) is 0 Å². The number of aryl methyl sites for hydroxylation is 1. The van der Waals surface area contributed by atoms with Gasteiger partial charge in [-0.25, -0.2) is 4.68 Å². The number of rotatable bonds is 6. The molecule has 0 atom stereocenters. The number of carbonyl (C=O) groups is 1. The fourth-order valence-corrected chi connectivity index (χ4v) is 3.23. The summed E-state index contributed by atoms with van der Waals surface area (Å²) in [6.07, 6.45) is 14.4. The van der Waals surface area contributed by atoms with Crippen LogP contribution in [-0.2, 0) is 6.42 Å². The Morgan fingerprint density at radius 2 is 2.03 bits per heavy atom. The normalized spacial score (nSPS) is 10.1. The Morgan fingerprint density at radius 3 is 2.81 bits per heavy atom. The number of hydrogen-bond donors (Lipinski definition) is 2. The van der Waals surface area contributed by atoms with Crippen LogP contribution in [-0.4, -0.2) is 32.4 Å². The van der Waals surface area contributed by atoms with E-state index < -0.39 is 0 Å². The number of benzene rings is 2. The van der Waals surface area contributed by atoms with E-state index in [2.05, 4.69) is 38.4 Å². The smallest absolute Gasteiger partial charge is 0.251 e. The lowest BCUT2D eigenvalue weighted by Gasteiger charge is -2.09. The molecule has 0 aliphatic carbocycles. The van der Waals surface area contributed by atoms with Crippen LogP contribution in [0.2, 0.25) is 0 Å². The zero-order chi connectivity index (χ0) is 22.2. The summed E-state index contributed by atoms with van der Waals surface area (Å²) in [5.74, 6) is 8.80. The molecule has 0 fully saturated rings. The molecule has 0 saturated carbocycles. The average Bonchev–Trinajstić information content (AvgIpc) is 3.55. The van der Waals surface area contributed by atoms with Crippen molar-refractivity contribution >= 4 is 5.91 Å². The van der Waals surface area contributed by atoms with E-state index in [9.17, 15) is 4.79 Å². The number of terminal acetylenes is 1. The van der Waals surface area contributed by atoms with Crippen LogP contribution in [0.5, 0.6) is 0 Å². The Balaban J connectivity index is 1.54. The van der Waals surface area contributed by atoms with Crippen LogP contribution in [0.25, 0.3) is 5.69 Å². The van der Waals surface area contributed by atoms with Gasteiger partial charge >= 0.3 is 0 Å². The first-order chi connectivity index (χ1) is 15.7. The van der Waals surface area contributed by atoms with Gasteiger partial charge in [0.25, 0.3) is 5.91 Å². The molecule has 0 bridgehead atoms. The zero-order valence-corrected chi connectivity index (χ0v) is 17.4. The maximum absolute atomic E-state index is 12.7. The number of nitrogens with zero attached hydrogens (tertiary/aromatic N) is 3. The number of amides is 1. The van der Waals surface area contributed by atoms with E-state index in [1.165, 1.54) is 0 Å². The fraction of sp³-hybridized carbons (Fsp3) is 0.115. The monoisotopic (exact) mass is 419 g/mol. The number of H-pyrrole nitrogens is 1. The summed E-state index contributed by atoms with van der Waals surface area (Å²) in [5.41, 5.74) is 4.74. The van der Waals surface area contributed by atoms with Crippen LogP contribution < -0.4 is 5.32 Å². The third-order valence-corrected chi connectivity index (χ3v) is 4.86. The molecule has 0 aliphatic rings. The van der Waals surface area contributed by atoms with E-state index >= 15 is 0 Å². The van der Waals surface area contributed by atoms with Crippen molar-refractivity contribution < 1.29 is 4.79 Å². The lowest BCUT2D eigenvalue weighted by Crippen LogP contribution is -2.25. The Bertz CT molecular complexity index is 1300. The van der Waals surface area contributed by atoms with E-state index in [1.807, 2.05) is 48.8 Å². The van der Waals surface area contributed by atoms with Gasteiger partial charge in [-0.05, 0) is 60.9 Å². The van der Waals surface area contributed by atoms with Gasteiger partial charge in [0, 0.05) is 41.8 Å². The average molecular weight is 419 g/mol. The Labute approximate surface area is 186 Å². The molecule has 4 rings (SSSR count). The molecule has 2 heterocycles. The SMILES string of the molecule is C#Cc1cccc(C#Cc2cc(C(=O)NCCCc3cn[nH]c3)ccc2-n2cccn2)c1. The molecule has 2 aromatic carbocycles. The zero-order valence-electron chi connectivity index (χ0n) is 17.4. The largest absolute Gasteiger partial charge is 0.352 e. The van der Waals surface area contributed by atoms with Gasteiger partial charge in [-0.1, -0.05) is 23.8 Å². The number of nitrogens with one attached hydrogen (secondary N) is 2. The molecule has 4 aromatic rings. The highest BCUT2D eigenvalue weighted by Crippen LogP contribution is 2.16. The summed E-state index contributed by atoms with van der Waals surface area (Å²) < 4.78 is 1.73. The molecule has 1 amide bonds. The predicted octanol–water partition coefficient (Wildman–Crippen LogP) is 3.34. The highest BCUT2D eigenvalue weighted by atomic mass is 16.1. The van der Waals surface area contributed by atoms with Gasteiger partial charge < -0.3 is 5.32 Å². The molecule has 0 radical (unpaired) electrons. The van der Waals surface area contributed by atoms with Crippen molar-refractivity contribution in [2.45, 2.75) is 12.8 Å². The fourth-order valence-electron chi connectivity index (χ4n) is 3.23. The van der Waals surface area contributed by atoms with Crippen LogP contribution >= 0.6 is 0 Å². The molecule has 2 aromatic heterocycles. The van der Waals surface area contributed by atoms with Crippen molar-refractivity contribution in [3.8, 4) is 29.9 Å². The number of aromatic nitrogens is 4. The van der Waals surface area contributed by atoms with Crippen LogP contribution in [0, 0.1) is 24.2 Å². The van der Waals surface area contributed by atoms with Gasteiger partial charge in [-0.3, -0.25) is 9.89 Å². The number of hydrogen-bond acceptors (Lipinski definition) is 3. The first kappa shape index (κ1) is 20.7. The topological polar surface area (TPSA) is 75.6 Å². The lowest BCUT2D eigenvalue weighted by molar-refractivity contribution is 0.0953. The molecule has 156 valence electrons. The van der Waals surface area contributed by atoms with Crippen molar-refractivity contribution in [3.05, 3.63) is 101 Å². The van der Waals surface area contributed by atoms with E-state index in [-0.39, 0.29) is 5.91 Å². The molecule has 0 unspecified atom stereocenters. The van der Waals surface area contributed by atoms with Gasteiger partial charge in [-0.15, -0.1) is 6.42 Å². The van der Waals surface area contributed by atoms with Gasteiger partial charge in [-0.2, -0.15) is 10.2 Å². The molecule has 6 heteroatoms. The summed E-state index contributed by atoms with van der Waals surface area (Å²) in [7, 11) is 0. The van der Waals surface area contributed by atoms with E-state index in [0.717, 1.165) is 35.2 Å². The first-order valence-electron chi connectivity index (χ1n) is 10.2. The standard InChI is InChI=1S/C26H21N5O/c1-2-20-6-3-7-21(16-20)9-10-23-17-24(11-12-25(23)31-15-5-14-30-31)26(32)27-13-4-8-22-18-28-29-19-22/h1,3,5-7,11-12,14-19H,4,8,13H2,(H,27,32)(H,28,29). The molecule has 0 spiro atoms. The second kappa shape index (κ2) is 9.97. The Morgan fingerprint density at radius 1 is 1.12 bits per heavy atom. The molecular formula is C26H21N5O. The van der Waals surface area contributed by atoms with Crippen LogP contribution in [0.15, 0.2) is 73.3 Å². The molecule has 6 nitrogen and oxygen atoms in total. The quantitative estimate of drug-likeness (QED) is 0.372. The van der Waals surface area contributed by atoms with Crippen molar-refractivity contribution in [1.29, 1.82) is 0 Å².